The number of rotatable bonds is 5. The van der Waals surface area contributed by atoms with Crippen LogP contribution >= 0.6 is 11.3 Å². The fraction of sp³-hybridized carbons (Fsp3) is 0.0588. The Balaban J connectivity index is 1.54. The van der Waals surface area contributed by atoms with Crippen LogP contribution in [0, 0.1) is 0 Å². The van der Waals surface area contributed by atoms with Crippen LogP contribution in [-0.2, 0) is 4.79 Å². The normalized spacial score (nSPS) is 10.2. The average Bonchev–Trinajstić information content (AvgIpc) is 3.09. The van der Waals surface area contributed by atoms with Crippen LogP contribution in [0.3, 0.4) is 0 Å². The third kappa shape index (κ3) is 4.02. The summed E-state index contributed by atoms with van der Waals surface area (Å²) >= 11 is 1.28. The highest BCUT2D eigenvalue weighted by atomic mass is 32.1. The topological polar surface area (TPSA) is 84.0 Å². The van der Waals surface area contributed by atoms with Gasteiger partial charge in [-0.2, -0.15) is 0 Å². The summed E-state index contributed by atoms with van der Waals surface area (Å²) < 4.78 is 0. The Labute approximate surface area is 142 Å². The van der Waals surface area contributed by atoms with E-state index in [1.807, 2.05) is 36.4 Å². The lowest BCUT2D eigenvalue weighted by Crippen LogP contribution is -2.32. The van der Waals surface area contributed by atoms with Crippen molar-refractivity contribution in [3.63, 3.8) is 0 Å². The summed E-state index contributed by atoms with van der Waals surface area (Å²) in [6, 6.07) is 18.3. The van der Waals surface area contributed by atoms with Crippen molar-refractivity contribution >= 4 is 28.3 Å². The van der Waals surface area contributed by atoms with Crippen molar-refractivity contribution in [2.24, 2.45) is 0 Å². The number of aromatic nitrogens is 2. The molecule has 0 saturated heterocycles. The molecule has 7 heteroatoms. The summed E-state index contributed by atoms with van der Waals surface area (Å²) in [4.78, 5) is 23.8. The number of benzene rings is 2. The highest BCUT2D eigenvalue weighted by molar-refractivity contribution is 7.18. The number of hydrogen-bond donors (Lipinski definition) is 2. The third-order valence-corrected chi connectivity index (χ3v) is 4.03. The Morgan fingerprint density at radius 1 is 0.917 bits per heavy atom. The van der Waals surface area contributed by atoms with Gasteiger partial charge in [0.1, 0.15) is 5.01 Å². The summed E-state index contributed by atoms with van der Waals surface area (Å²) in [5, 5.41) is 14.3. The number of anilines is 1. The van der Waals surface area contributed by atoms with Crippen LogP contribution in [-0.4, -0.2) is 28.6 Å². The molecule has 24 heavy (non-hydrogen) atoms. The van der Waals surface area contributed by atoms with Crippen LogP contribution in [0.4, 0.5) is 5.13 Å². The molecule has 2 aromatic carbocycles. The summed E-state index contributed by atoms with van der Waals surface area (Å²) in [6.45, 7) is -0.131. The molecular formula is C17H14N4O2S. The first kappa shape index (κ1) is 15.8. The maximum atomic E-state index is 11.9. The average molecular weight is 338 g/mol. The van der Waals surface area contributed by atoms with Crippen molar-refractivity contribution < 1.29 is 9.59 Å². The zero-order valence-electron chi connectivity index (χ0n) is 12.6. The second-order valence-corrected chi connectivity index (χ2v) is 5.85. The van der Waals surface area contributed by atoms with Crippen molar-refractivity contribution in [2.45, 2.75) is 0 Å². The van der Waals surface area contributed by atoms with E-state index in [4.69, 9.17) is 0 Å². The van der Waals surface area contributed by atoms with E-state index in [9.17, 15) is 9.59 Å². The van der Waals surface area contributed by atoms with Crippen LogP contribution in [0.1, 0.15) is 10.4 Å². The van der Waals surface area contributed by atoms with E-state index in [0.717, 1.165) is 10.6 Å². The number of amides is 2. The molecule has 0 aliphatic carbocycles. The lowest BCUT2D eigenvalue weighted by molar-refractivity contribution is -0.115. The number of hydrogen-bond acceptors (Lipinski definition) is 5. The molecule has 0 fully saturated rings. The molecule has 2 N–H and O–H groups in total. The van der Waals surface area contributed by atoms with E-state index in [2.05, 4.69) is 20.8 Å². The van der Waals surface area contributed by atoms with Gasteiger partial charge >= 0.3 is 0 Å². The minimum absolute atomic E-state index is 0.131. The quantitative estimate of drug-likeness (QED) is 0.749. The summed E-state index contributed by atoms with van der Waals surface area (Å²) in [5.74, 6) is -0.650. The van der Waals surface area contributed by atoms with E-state index in [1.165, 1.54) is 11.3 Å². The van der Waals surface area contributed by atoms with Gasteiger partial charge in [-0.1, -0.05) is 59.9 Å². The monoisotopic (exact) mass is 338 g/mol. The second-order valence-electron chi connectivity index (χ2n) is 4.88. The molecule has 1 heterocycles. The summed E-state index contributed by atoms with van der Waals surface area (Å²) in [7, 11) is 0. The fourth-order valence-electron chi connectivity index (χ4n) is 1.99. The van der Waals surface area contributed by atoms with Gasteiger partial charge in [0, 0.05) is 11.1 Å². The van der Waals surface area contributed by atoms with Gasteiger partial charge < -0.3 is 5.32 Å². The molecule has 0 bridgehead atoms. The first-order valence-corrected chi connectivity index (χ1v) is 8.06. The van der Waals surface area contributed by atoms with E-state index in [1.54, 1.807) is 24.3 Å². The standard InChI is InChI=1S/C17H14N4O2S/c22-14(11-18-15(23)12-7-3-1-4-8-12)19-17-21-20-16(24-17)13-9-5-2-6-10-13/h1-10H,11H2,(H,18,23)(H,19,21,22). The molecule has 1 aromatic heterocycles. The van der Waals surface area contributed by atoms with Crippen LogP contribution < -0.4 is 10.6 Å². The van der Waals surface area contributed by atoms with Crippen molar-refractivity contribution in [1.82, 2.24) is 15.5 Å². The maximum absolute atomic E-state index is 11.9. The fourth-order valence-corrected chi connectivity index (χ4v) is 2.75. The van der Waals surface area contributed by atoms with Crippen molar-refractivity contribution in [3.05, 3.63) is 66.2 Å². The van der Waals surface area contributed by atoms with Crippen LogP contribution in [0.5, 0.6) is 0 Å². The zero-order valence-corrected chi connectivity index (χ0v) is 13.4. The van der Waals surface area contributed by atoms with Crippen molar-refractivity contribution in [3.8, 4) is 10.6 Å². The van der Waals surface area contributed by atoms with E-state index in [0.29, 0.717) is 10.7 Å². The Morgan fingerprint density at radius 2 is 1.58 bits per heavy atom. The Kier molecular flexibility index (Phi) is 4.93. The van der Waals surface area contributed by atoms with Crippen LogP contribution in [0.25, 0.3) is 10.6 Å². The predicted molar refractivity (Wildman–Crippen MR) is 92.7 cm³/mol. The highest BCUT2D eigenvalue weighted by Gasteiger charge is 2.11. The molecule has 120 valence electrons. The van der Waals surface area contributed by atoms with E-state index >= 15 is 0 Å². The number of nitrogens with zero attached hydrogens (tertiary/aromatic N) is 2. The van der Waals surface area contributed by atoms with Gasteiger partial charge in [0.2, 0.25) is 11.0 Å². The summed E-state index contributed by atoms with van der Waals surface area (Å²) in [5.41, 5.74) is 1.44. The van der Waals surface area contributed by atoms with Gasteiger partial charge in [0.25, 0.3) is 5.91 Å². The zero-order chi connectivity index (χ0) is 16.8. The van der Waals surface area contributed by atoms with Gasteiger partial charge in [-0.25, -0.2) is 0 Å². The first-order chi connectivity index (χ1) is 11.7. The Morgan fingerprint density at radius 3 is 2.29 bits per heavy atom. The minimum Gasteiger partial charge on any atom is -0.343 e. The maximum Gasteiger partial charge on any atom is 0.251 e. The molecule has 0 atom stereocenters. The molecule has 6 nitrogen and oxygen atoms in total. The molecule has 0 aliphatic rings. The minimum atomic E-state index is -0.352. The molecule has 0 saturated carbocycles. The Bertz CT molecular complexity index is 834. The smallest absolute Gasteiger partial charge is 0.251 e. The molecule has 3 rings (SSSR count). The lowest BCUT2D eigenvalue weighted by Gasteiger charge is -2.04. The van der Waals surface area contributed by atoms with Gasteiger partial charge in [-0.05, 0) is 12.1 Å². The van der Waals surface area contributed by atoms with E-state index in [-0.39, 0.29) is 18.4 Å². The van der Waals surface area contributed by atoms with E-state index < -0.39 is 0 Å². The molecule has 0 unspecified atom stereocenters. The molecule has 0 aliphatic heterocycles. The molecule has 2 amide bonds. The van der Waals surface area contributed by atoms with Gasteiger partial charge in [-0.3, -0.25) is 14.9 Å². The second kappa shape index (κ2) is 7.47. The van der Waals surface area contributed by atoms with Crippen LogP contribution in [0.2, 0.25) is 0 Å². The molecule has 0 radical (unpaired) electrons. The van der Waals surface area contributed by atoms with Gasteiger partial charge in [-0.15, -0.1) is 10.2 Å². The van der Waals surface area contributed by atoms with Gasteiger partial charge in [0.15, 0.2) is 0 Å². The van der Waals surface area contributed by atoms with Crippen LogP contribution in [0.15, 0.2) is 60.7 Å². The molecule has 3 aromatic rings. The molecular weight excluding hydrogens is 324 g/mol. The Hall–Kier alpha value is -3.06. The van der Waals surface area contributed by atoms with Gasteiger partial charge in [0.05, 0.1) is 6.54 Å². The highest BCUT2D eigenvalue weighted by Crippen LogP contribution is 2.25. The number of carbonyl (C=O) groups is 2. The molecule has 0 spiro atoms. The largest absolute Gasteiger partial charge is 0.343 e. The first-order valence-electron chi connectivity index (χ1n) is 7.24. The summed E-state index contributed by atoms with van der Waals surface area (Å²) in [6.07, 6.45) is 0. The number of nitrogens with one attached hydrogen (secondary N) is 2. The lowest BCUT2D eigenvalue weighted by atomic mass is 10.2. The number of carbonyl (C=O) groups excluding carboxylic acids is 2. The van der Waals surface area contributed by atoms with Crippen molar-refractivity contribution in [1.29, 1.82) is 0 Å². The predicted octanol–water partition coefficient (Wildman–Crippen LogP) is 2.57. The third-order valence-electron chi connectivity index (χ3n) is 3.14. The van der Waals surface area contributed by atoms with Crippen molar-refractivity contribution in [2.75, 3.05) is 11.9 Å². The SMILES string of the molecule is O=C(CNC(=O)c1ccccc1)Nc1nnc(-c2ccccc2)s1.